The molecule has 0 atom stereocenters. The Balaban J connectivity index is 1.57. The number of hydrogen-bond acceptors (Lipinski definition) is 4. The molecule has 0 aliphatic rings. The summed E-state index contributed by atoms with van der Waals surface area (Å²) in [6.07, 6.45) is 0.844. The normalized spacial score (nSPS) is 11.4. The van der Waals surface area contributed by atoms with Gasteiger partial charge in [-0.2, -0.15) is 0 Å². The fraction of sp³-hybridized carbons (Fsp3) is 0.200. The van der Waals surface area contributed by atoms with E-state index in [9.17, 15) is 0 Å². The summed E-state index contributed by atoms with van der Waals surface area (Å²) in [5.74, 6) is 1.92. The van der Waals surface area contributed by atoms with Crippen LogP contribution in [0, 0.1) is 13.8 Å². The number of aryl methyl sites for hydroxylation is 2. The lowest BCUT2D eigenvalue weighted by atomic mass is 10.3. The van der Waals surface area contributed by atoms with E-state index in [4.69, 9.17) is 10.5 Å². The van der Waals surface area contributed by atoms with Crippen LogP contribution in [0.1, 0.15) is 15.6 Å². The number of hydrogen-bond donors (Lipinski definition) is 2. The Morgan fingerprint density at radius 1 is 1.12 bits per heavy atom. The zero-order chi connectivity index (χ0) is 18.4. The van der Waals surface area contributed by atoms with Crippen LogP contribution in [-0.4, -0.2) is 17.5 Å². The van der Waals surface area contributed by atoms with Crippen molar-refractivity contribution in [3.8, 4) is 11.5 Å². The number of ether oxygens (including phenoxy) is 1. The summed E-state index contributed by atoms with van der Waals surface area (Å²) < 4.78 is 5.83. The minimum atomic E-state index is 0.390. The molecule has 0 spiro atoms. The number of aliphatic imine (C=N–C) groups is 1. The molecule has 0 aliphatic carbocycles. The van der Waals surface area contributed by atoms with Crippen LogP contribution in [-0.2, 0) is 6.42 Å². The molecule has 0 unspecified atom stereocenters. The second kappa shape index (κ2) is 8.49. The van der Waals surface area contributed by atoms with Crippen molar-refractivity contribution < 1.29 is 4.74 Å². The molecule has 26 heavy (non-hydrogen) atoms. The Kier molecular flexibility index (Phi) is 5.86. The maximum Gasteiger partial charge on any atom is 0.193 e. The third kappa shape index (κ3) is 5.07. The van der Waals surface area contributed by atoms with E-state index in [-0.39, 0.29) is 0 Å². The molecular formula is C20H22N4OS. The molecule has 1 heterocycles. The molecule has 2 aromatic carbocycles. The van der Waals surface area contributed by atoms with Crippen LogP contribution in [0.5, 0.6) is 11.5 Å². The lowest BCUT2D eigenvalue weighted by Crippen LogP contribution is -2.23. The van der Waals surface area contributed by atoms with Gasteiger partial charge in [-0.1, -0.05) is 24.3 Å². The van der Waals surface area contributed by atoms with Crippen molar-refractivity contribution in [3.05, 3.63) is 70.2 Å². The van der Waals surface area contributed by atoms with E-state index in [1.54, 1.807) is 11.3 Å². The van der Waals surface area contributed by atoms with Crippen molar-refractivity contribution in [2.45, 2.75) is 20.3 Å². The van der Waals surface area contributed by atoms with Crippen LogP contribution < -0.4 is 15.8 Å². The summed E-state index contributed by atoms with van der Waals surface area (Å²) >= 11 is 1.71. The van der Waals surface area contributed by atoms with Crippen molar-refractivity contribution in [1.29, 1.82) is 0 Å². The minimum Gasteiger partial charge on any atom is -0.457 e. The predicted molar refractivity (Wildman–Crippen MR) is 108 cm³/mol. The first-order valence-corrected chi connectivity index (χ1v) is 9.24. The summed E-state index contributed by atoms with van der Waals surface area (Å²) in [6.45, 7) is 4.68. The number of nitrogens with two attached hydrogens (primary N) is 1. The summed E-state index contributed by atoms with van der Waals surface area (Å²) in [5.41, 5.74) is 7.92. The molecule has 1 aromatic heterocycles. The Labute approximate surface area is 157 Å². The third-order valence-corrected chi connectivity index (χ3v) is 4.84. The van der Waals surface area contributed by atoms with E-state index in [0.29, 0.717) is 12.5 Å². The lowest BCUT2D eigenvalue weighted by Gasteiger charge is -2.09. The second-order valence-corrected chi connectivity index (χ2v) is 7.11. The predicted octanol–water partition coefficient (Wildman–Crippen LogP) is 4.52. The summed E-state index contributed by atoms with van der Waals surface area (Å²) in [6, 6.07) is 17.3. The number of nitrogens with one attached hydrogen (secondary N) is 1. The van der Waals surface area contributed by atoms with Gasteiger partial charge in [-0.3, -0.25) is 4.99 Å². The number of aromatic nitrogens is 1. The first-order chi connectivity index (χ1) is 12.6. The minimum absolute atomic E-state index is 0.390. The molecule has 0 bridgehead atoms. The summed E-state index contributed by atoms with van der Waals surface area (Å²) in [7, 11) is 0. The number of nitrogens with zero attached hydrogens (tertiary/aromatic N) is 2. The Morgan fingerprint density at radius 2 is 1.88 bits per heavy atom. The van der Waals surface area contributed by atoms with Crippen LogP contribution in [0.3, 0.4) is 0 Å². The molecule has 0 aliphatic heterocycles. The van der Waals surface area contributed by atoms with E-state index < -0.39 is 0 Å². The number of para-hydroxylation sites is 1. The van der Waals surface area contributed by atoms with Crippen molar-refractivity contribution in [1.82, 2.24) is 4.98 Å². The monoisotopic (exact) mass is 366 g/mol. The smallest absolute Gasteiger partial charge is 0.193 e. The van der Waals surface area contributed by atoms with Crippen LogP contribution in [0.4, 0.5) is 5.69 Å². The van der Waals surface area contributed by atoms with E-state index in [2.05, 4.69) is 15.3 Å². The Bertz CT molecular complexity index is 890. The second-order valence-electron chi connectivity index (χ2n) is 5.83. The van der Waals surface area contributed by atoms with E-state index in [0.717, 1.165) is 34.3 Å². The van der Waals surface area contributed by atoms with Gasteiger partial charge in [-0.05, 0) is 38.1 Å². The van der Waals surface area contributed by atoms with Crippen molar-refractivity contribution in [2.24, 2.45) is 10.7 Å². The molecule has 3 rings (SSSR count). The summed E-state index contributed by atoms with van der Waals surface area (Å²) in [5, 5.41) is 4.20. The highest BCUT2D eigenvalue weighted by molar-refractivity contribution is 7.11. The van der Waals surface area contributed by atoms with Gasteiger partial charge in [0.25, 0.3) is 0 Å². The molecule has 134 valence electrons. The van der Waals surface area contributed by atoms with E-state index in [1.165, 1.54) is 4.88 Å². The zero-order valence-corrected chi connectivity index (χ0v) is 15.7. The SMILES string of the molecule is Cc1nc(C)c(CCN=C(N)Nc2cccc(Oc3ccccc3)c2)s1. The maximum atomic E-state index is 6.00. The van der Waals surface area contributed by atoms with Crippen molar-refractivity contribution in [3.63, 3.8) is 0 Å². The molecule has 0 amide bonds. The maximum absolute atomic E-state index is 6.00. The highest BCUT2D eigenvalue weighted by Gasteiger charge is 2.04. The molecule has 6 heteroatoms. The van der Waals surface area contributed by atoms with Crippen molar-refractivity contribution >= 4 is 23.0 Å². The average molecular weight is 366 g/mol. The third-order valence-electron chi connectivity index (χ3n) is 3.71. The number of guanidine groups is 1. The molecule has 3 aromatic rings. The standard InChI is InChI=1S/C20H22N4OS/c1-14-19(26-15(2)23-14)11-12-22-20(21)24-16-7-6-10-18(13-16)25-17-8-4-3-5-9-17/h3-10,13H,11-12H2,1-2H3,(H3,21,22,24). The molecule has 5 nitrogen and oxygen atoms in total. The topological polar surface area (TPSA) is 72.5 Å². The molecule has 3 N–H and O–H groups in total. The van der Waals surface area contributed by atoms with Gasteiger partial charge in [0.05, 0.1) is 10.7 Å². The fourth-order valence-corrected chi connectivity index (χ4v) is 3.46. The first-order valence-electron chi connectivity index (χ1n) is 8.43. The quantitative estimate of drug-likeness (QED) is 0.497. The van der Waals surface area contributed by atoms with Crippen molar-refractivity contribution in [2.75, 3.05) is 11.9 Å². The molecular weight excluding hydrogens is 344 g/mol. The van der Waals surface area contributed by atoms with Gasteiger partial charge < -0.3 is 15.8 Å². The molecule has 0 saturated heterocycles. The number of anilines is 1. The molecule has 0 saturated carbocycles. The van der Waals surface area contributed by atoms with Gasteiger partial charge in [0, 0.05) is 29.6 Å². The largest absolute Gasteiger partial charge is 0.457 e. The Morgan fingerprint density at radius 3 is 2.62 bits per heavy atom. The van der Waals surface area contributed by atoms with Gasteiger partial charge >= 0.3 is 0 Å². The molecule has 0 radical (unpaired) electrons. The Hall–Kier alpha value is -2.86. The van der Waals surface area contributed by atoms with Gasteiger partial charge in [-0.25, -0.2) is 4.98 Å². The number of benzene rings is 2. The van der Waals surface area contributed by atoms with E-state index >= 15 is 0 Å². The summed E-state index contributed by atoms with van der Waals surface area (Å²) in [4.78, 5) is 10.1. The van der Waals surface area contributed by atoms with Crippen LogP contribution in [0.2, 0.25) is 0 Å². The number of rotatable bonds is 6. The lowest BCUT2D eigenvalue weighted by molar-refractivity contribution is 0.483. The highest BCUT2D eigenvalue weighted by atomic mass is 32.1. The van der Waals surface area contributed by atoms with Gasteiger partial charge in [0.1, 0.15) is 11.5 Å². The van der Waals surface area contributed by atoms with Crippen LogP contribution >= 0.6 is 11.3 Å². The van der Waals surface area contributed by atoms with Gasteiger partial charge in [-0.15, -0.1) is 11.3 Å². The van der Waals surface area contributed by atoms with Gasteiger partial charge in [0.2, 0.25) is 0 Å². The van der Waals surface area contributed by atoms with E-state index in [1.807, 2.05) is 68.4 Å². The molecule has 0 fully saturated rings. The van der Waals surface area contributed by atoms with Crippen LogP contribution in [0.15, 0.2) is 59.6 Å². The number of thiazole rings is 1. The first kappa shape index (κ1) is 17.9. The highest BCUT2D eigenvalue weighted by Crippen LogP contribution is 2.23. The van der Waals surface area contributed by atoms with Crippen LogP contribution in [0.25, 0.3) is 0 Å². The fourth-order valence-electron chi connectivity index (χ4n) is 2.53. The zero-order valence-electron chi connectivity index (χ0n) is 14.9. The van der Waals surface area contributed by atoms with Gasteiger partial charge in [0.15, 0.2) is 5.96 Å². The average Bonchev–Trinajstić information content (AvgIpc) is 2.93.